The molecule has 1 atom stereocenters. The van der Waals surface area contributed by atoms with Crippen LogP contribution >= 0.6 is 11.6 Å². The highest BCUT2D eigenvalue weighted by atomic mass is 35.5. The molecule has 1 unspecified atom stereocenters. The van der Waals surface area contributed by atoms with E-state index in [4.69, 9.17) is 21.1 Å². The van der Waals surface area contributed by atoms with Gasteiger partial charge in [-0.3, -0.25) is 0 Å². The van der Waals surface area contributed by atoms with E-state index in [0.717, 1.165) is 16.9 Å². The fourth-order valence-electron chi connectivity index (χ4n) is 2.32. The number of halogens is 1. The Labute approximate surface area is 124 Å². The number of methoxy groups -OCH3 is 2. The third-order valence-electron chi connectivity index (χ3n) is 3.76. The zero-order chi connectivity index (χ0) is 14.9. The molecule has 1 heterocycles. The van der Waals surface area contributed by atoms with Gasteiger partial charge in [0, 0.05) is 18.2 Å². The van der Waals surface area contributed by atoms with Crippen molar-refractivity contribution >= 4 is 22.6 Å². The molecule has 110 valence electrons. The third kappa shape index (κ3) is 2.44. The zero-order valence-electron chi connectivity index (χ0n) is 12.6. The van der Waals surface area contributed by atoms with Crippen molar-refractivity contribution in [1.82, 2.24) is 9.55 Å². The molecule has 0 aliphatic rings. The Morgan fingerprint density at radius 1 is 1.15 bits per heavy atom. The minimum Gasteiger partial charge on any atom is -0.493 e. The number of aromatic nitrogens is 2. The third-order valence-corrected chi connectivity index (χ3v) is 4.00. The first kappa shape index (κ1) is 15.0. The average molecular weight is 297 g/mol. The summed E-state index contributed by atoms with van der Waals surface area (Å²) < 4.78 is 12.9. The molecule has 0 N–H and O–H groups in total. The normalized spacial score (nSPS) is 12.9. The van der Waals surface area contributed by atoms with Gasteiger partial charge in [0.05, 0.1) is 31.1 Å². The quantitative estimate of drug-likeness (QED) is 0.782. The Bertz CT molecular complexity index is 607. The van der Waals surface area contributed by atoms with Crippen molar-refractivity contribution in [3.63, 3.8) is 0 Å². The largest absolute Gasteiger partial charge is 0.493 e. The van der Waals surface area contributed by atoms with E-state index in [1.807, 2.05) is 12.1 Å². The first-order valence-corrected chi connectivity index (χ1v) is 7.25. The Balaban J connectivity index is 2.71. The molecule has 0 radical (unpaired) electrons. The topological polar surface area (TPSA) is 36.3 Å². The molecule has 0 saturated heterocycles. The maximum absolute atomic E-state index is 6.05. The summed E-state index contributed by atoms with van der Waals surface area (Å²) in [5.41, 5.74) is 1.91. The van der Waals surface area contributed by atoms with Crippen LogP contribution in [-0.2, 0) is 5.88 Å². The summed E-state index contributed by atoms with van der Waals surface area (Å²) in [5, 5.41) is 0. The van der Waals surface area contributed by atoms with Crippen LogP contribution in [0.1, 0.15) is 32.6 Å². The van der Waals surface area contributed by atoms with Crippen molar-refractivity contribution in [2.75, 3.05) is 14.2 Å². The highest BCUT2D eigenvalue weighted by molar-refractivity contribution is 6.16. The molecule has 20 heavy (non-hydrogen) atoms. The van der Waals surface area contributed by atoms with E-state index in [-0.39, 0.29) is 0 Å². The molecule has 0 bridgehead atoms. The van der Waals surface area contributed by atoms with Crippen molar-refractivity contribution in [1.29, 1.82) is 0 Å². The standard InChI is InChI=1S/C15H21ClN2O2/c1-9(2)10(3)18-12-7-14(20-5)13(19-4)6-11(12)17-15(18)8-16/h6-7,9-10H,8H2,1-5H3. The predicted molar refractivity (Wildman–Crippen MR) is 81.9 cm³/mol. The van der Waals surface area contributed by atoms with Gasteiger partial charge >= 0.3 is 0 Å². The van der Waals surface area contributed by atoms with Gasteiger partial charge in [0.15, 0.2) is 11.5 Å². The zero-order valence-corrected chi connectivity index (χ0v) is 13.4. The van der Waals surface area contributed by atoms with Gasteiger partial charge in [-0.05, 0) is 12.8 Å². The van der Waals surface area contributed by atoms with E-state index >= 15 is 0 Å². The van der Waals surface area contributed by atoms with Crippen LogP contribution in [0.5, 0.6) is 11.5 Å². The maximum atomic E-state index is 6.05. The van der Waals surface area contributed by atoms with Gasteiger partial charge in [-0.2, -0.15) is 0 Å². The van der Waals surface area contributed by atoms with E-state index in [0.29, 0.717) is 29.3 Å². The highest BCUT2D eigenvalue weighted by Gasteiger charge is 2.20. The Hall–Kier alpha value is -1.42. The number of nitrogens with zero attached hydrogens (tertiary/aromatic N) is 2. The van der Waals surface area contributed by atoms with Gasteiger partial charge in [-0.25, -0.2) is 4.98 Å². The number of alkyl halides is 1. The molecule has 0 aliphatic carbocycles. The first-order chi connectivity index (χ1) is 9.53. The van der Waals surface area contributed by atoms with Crippen LogP contribution in [0.2, 0.25) is 0 Å². The molecule has 2 aromatic rings. The van der Waals surface area contributed by atoms with E-state index in [9.17, 15) is 0 Å². The second-order valence-corrected chi connectivity index (χ2v) is 5.48. The number of imidazole rings is 1. The monoisotopic (exact) mass is 296 g/mol. The molecule has 1 aromatic carbocycles. The van der Waals surface area contributed by atoms with Crippen molar-refractivity contribution < 1.29 is 9.47 Å². The molecule has 0 spiro atoms. The van der Waals surface area contributed by atoms with Crippen LogP contribution in [0.15, 0.2) is 12.1 Å². The summed E-state index contributed by atoms with van der Waals surface area (Å²) in [5.74, 6) is 3.14. The molecule has 0 aliphatic heterocycles. The van der Waals surface area contributed by atoms with Gasteiger partial charge in [-0.15, -0.1) is 11.6 Å². The summed E-state index contributed by atoms with van der Waals surface area (Å²) in [7, 11) is 3.26. The number of hydrogen-bond donors (Lipinski definition) is 0. The highest BCUT2D eigenvalue weighted by Crippen LogP contribution is 2.35. The number of rotatable bonds is 5. The van der Waals surface area contributed by atoms with Crippen LogP contribution in [0, 0.1) is 5.92 Å². The van der Waals surface area contributed by atoms with Crippen LogP contribution in [-0.4, -0.2) is 23.8 Å². The fraction of sp³-hybridized carbons (Fsp3) is 0.533. The van der Waals surface area contributed by atoms with Gasteiger partial charge in [-0.1, -0.05) is 13.8 Å². The van der Waals surface area contributed by atoms with Crippen molar-refractivity contribution in [2.45, 2.75) is 32.7 Å². The van der Waals surface area contributed by atoms with Gasteiger partial charge in [0.2, 0.25) is 0 Å². The van der Waals surface area contributed by atoms with E-state index in [1.165, 1.54) is 0 Å². The molecular weight excluding hydrogens is 276 g/mol. The van der Waals surface area contributed by atoms with Gasteiger partial charge in [0.25, 0.3) is 0 Å². The molecular formula is C15H21ClN2O2. The Morgan fingerprint density at radius 2 is 1.75 bits per heavy atom. The summed E-state index contributed by atoms with van der Waals surface area (Å²) in [6.45, 7) is 6.56. The molecule has 2 rings (SSSR count). The smallest absolute Gasteiger partial charge is 0.163 e. The van der Waals surface area contributed by atoms with Crippen molar-refractivity contribution in [3.8, 4) is 11.5 Å². The molecule has 5 heteroatoms. The van der Waals surface area contributed by atoms with Crippen molar-refractivity contribution in [2.24, 2.45) is 5.92 Å². The molecule has 0 amide bonds. The second kappa shape index (κ2) is 5.92. The number of ether oxygens (including phenoxy) is 2. The number of fused-ring (bicyclic) bond motifs is 1. The van der Waals surface area contributed by atoms with Crippen LogP contribution in [0.3, 0.4) is 0 Å². The SMILES string of the molecule is COc1cc2nc(CCl)n(C(C)C(C)C)c2cc1OC. The Morgan fingerprint density at radius 3 is 2.25 bits per heavy atom. The summed E-state index contributed by atoms with van der Waals surface area (Å²) in [4.78, 5) is 4.61. The van der Waals surface area contributed by atoms with E-state index < -0.39 is 0 Å². The van der Waals surface area contributed by atoms with Crippen LogP contribution < -0.4 is 9.47 Å². The average Bonchev–Trinajstić information content (AvgIpc) is 2.81. The lowest BCUT2D eigenvalue weighted by atomic mass is 10.1. The molecule has 1 aromatic heterocycles. The van der Waals surface area contributed by atoms with E-state index in [1.54, 1.807) is 14.2 Å². The lowest BCUT2D eigenvalue weighted by Crippen LogP contribution is -2.14. The van der Waals surface area contributed by atoms with Crippen molar-refractivity contribution in [3.05, 3.63) is 18.0 Å². The summed E-state index contributed by atoms with van der Waals surface area (Å²) in [6.07, 6.45) is 0. The van der Waals surface area contributed by atoms with Gasteiger partial charge < -0.3 is 14.0 Å². The lowest BCUT2D eigenvalue weighted by Gasteiger charge is -2.21. The minimum absolute atomic E-state index is 0.312. The van der Waals surface area contributed by atoms with Gasteiger partial charge in [0.1, 0.15) is 5.82 Å². The summed E-state index contributed by atoms with van der Waals surface area (Å²) in [6, 6.07) is 4.18. The number of benzene rings is 1. The van der Waals surface area contributed by atoms with Crippen LogP contribution in [0.25, 0.3) is 11.0 Å². The second-order valence-electron chi connectivity index (χ2n) is 5.21. The summed E-state index contributed by atoms with van der Waals surface area (Å²) >= 11 is 6.05. The number of hydrogen-bond acceptors (Lipinski definition) is 3. The predicted octanol–water partition coefficient (Wildman–Crippen LogP) is 4.01. The minimum atomic E-state index is 0.312. The Kier molecular flexibility index (Phi) is 4.43. The lowest BCUT2D eigenvalue weighted by molar-refractivity contribution is 0.355. The fourth-order valence-corrected chi connectivity index (χ4v) is 2.51. The molecule has 0 saturated carbocycles. The van der Waals surface area contributed by atoms with E-state index in [2.05, 4.69) is 30.3 Å². The molecule has 0 fully saturated rings. The molecule has 4 nitrogen and oxygen atoms in total. The van der Waals surface area contributed by atoms with Crippen LogP contribution in [0.4, 0.5) is 0 Å². The maximum Gasteiger partial charge on any atom is 0.163 e. The first-order valence-electron chi connectivity index (χ1n) is 6.72.